The van der Waals surface area contributed by atoms with E-state index in [2.05, 4.69) is 9.99 Å². The third-order valence-corrected chi connectivity index (χ3v) is 1.16. The molecule has 0 aliphatic carbocycles. The van der Waals surface area contributed by atoms with Crippen LogP contribution in [0.4, 0.5) is 0 Å². The van der Waals surface area contributed by atoms with E-state index in [0.29, 0.717) is 12.0 Å². The van der Waals surface area contributed by atoms with Gasteiger partial charge in [0.1, 0.15) is 0 Å². The molecular weight excluding hydrogens is 146 g/mol. The van der Waals surface area contributed by atoms with Gasteiger partial charge in [-0.2, -0.15) is 0 Å². The minimum Gasteiger partial charge on any atom is -0.302 e. The van der Waals surface area contributed by atoms with Crippen LogP contribution in [0.2, 0.25) is 0 Å². The Morgan fingerprint density at radius 2 is 2.36 bits per heavy atom. The van der Waals surface area contributed by atoms with E-state index in [-0.39, 0.29) is 0 Å². The highest BCUT2D eigenvalue weighted by Gasteiger charge is 2.06. The first-order valence-electron chi connectivity index (χ1n) is 3.20. The Labute approximate surface area is 64.5 Å². The third kappa shape index (κ3) is 3.33. The minimum absolute atomic E-state index is 0.490. The van der Waals surface area contributed by atoms with Crippen molar-refractivity contribution >= 4 is 12.0 Å². The van der Waals surface area contributed by atoms with Crippen LogP contribution in [0.1, 0.15) is 20.3 Å². The summed E-state index contributed by atoms with van der Waals surface area (Å²) in [7, 11) is 0. The standard InChI is InChI=1S/C7H9NO3/c1-3-6(4-2)7(10)11-8-5-9/h3H,4H2,1-2H3. The normalized spacial score (nSPS) is 10.2. The summed E-state index contributed by atoms with van der Waals surface area (Å²) in [5.74, 6) is -0.599. The van der Waals surface area contributed by atoms with Gasteiger partial charge in [-0.15, -0.1) is 0 Å². The van der Waals surface area contributed by atoms with E-state index in [1.807, 2.05) is 0 Å². The van der Waals surface area contributed by atoms with Crippen molar-refractivity contribution in [1.29, 1.82) is 0 Å². The van der Waals surface area contributed by atoms with Crippen LogP contribution in [0.25, 0.3) is 0 Å². The fourth-order valence-corrected chi connectivity index (χ4v) is 0.585. The molecular formula is C7H9NO3. The van der Waals surface area contributed by atoms with Crippen LogP contribution in [0.5, 0.6) is 0 Å². The third-order valence-electron chi connectivity index (χ3n) is 1.16. The second kappa shape index (κ2) is 5.38. The predicted octanol–water partition coefficient (Wildman–Crippen LogP) is 1.14. The number of carbonyl (C=O) groups excluding carboxylic acids is 2. The molecule has 0 N–H and O–H groups in total. The lowest BCUT2D eigenvalue weighted by atomic mass is 10.2. The van der Waals surface area contributed by atoms with E-state index in [9.17, 15) is 9.59 Å². The first kappa shape index (κ1) is 9.59. The molecule has 0 unspecified atom stereocenters. The van der Waals surface area contributed by atoms with Crippen LogP contribution in [0.15, 0.2) is 16.8 Å². The first-order valence-corrected chi connectivity index (χ1v) is 3.20. The maximum Gasteiger partial charge on any atom is 0.362 e. The Balaban J connectivity index is 4.11. The van der Waals surface area contributed by atoms with Gasteiger partial charge in [-0.3, -0.25) is 0 Å². The lowest BCUT2D eigenvalue weighted by molar-refractivity contribution is -0.139. The number of carbonyl (C=O) groups is 1. The number of rotatable bonds is 3. The molecule has 4 nitrogen and oxygen atoms in total. The van der Waals surface area contributed by atoms with Gasteiger partial charge in [0.25, 0.3) is 6.08 Å². The van der Waals surface area contributed by atoms with Crippen molar-refractivity contribution in [3.8, 4) is 0 Å². The number of allylic oxidation sites excluding steroid dienone is 1. The molecule has 0 aliphatic rings. The van der Waals surface area contributed by atoms with Gasteiger partial charge >= 0.3 is 5.97 Å². The average Bonchev–Trinajstić information content (AvgIpc) is 2.03. The van der Waals surface area contributed by atoms with Crippen molar-refractivity contribution in [2.24, 2.45) is 5.16 Å². The van der Waals surface area contributed by atoms with Crippen molar-refractivity contribution in [2.45, 2.75) is 20.3 Å². The smallest absolute Gasteiger partial charge is 0.302 e. The zero-order valence-corrected chi connectivity index (χ0v) is 6.46. The Kier molecular flexibility index (Phi) is 4.69. The van der Waals surface area contributed by atoms with E-state index in [0.717, 1.165) is 6.08 Å². The molecule has 0 aromatic heterocycles. The highest BCUT2D eigenvalue weighted by molar-refractivity contribution is 5.88. The topological polar surface area (TPSA) is 55.7 Å². The summed E-state index contributed by atoms with van der Waals surface area (Å²) in [4.78, 5) is 24.5. The van der Waals surface area contributed by atoms with Gasteiger partial charge < -0.3 is 4.84 Å². The Bertz CT molecular complexity index is 214. The Morgan fingerprint density at radius 1 is 1.73 bits per heavy atom. The SMILES string of the molecule is CC=C(CC)C(=O)ON=C=O. The van der Waals surface area contributed by atoms with Crippen molar-refractivity contribution in [3.63, 3.8) is 0 Å². The van der Waals surface area contributed by atoms with Crippen LogP contribution in [0.3, 0.4) is 0 Å². The lowest BCUT2D eigenvalue weighted by Gasteiger charge is -1.96. The maximum atomic E-state index is 10.8. The quantitative estimate of drug-likeness (QED) is 0.202. The van der Waals surface area contributed by atoms with E-state index in [1.54, 1.807) is 19.9 Å². The zero-order valence-electron chi connectivity index (χ0n) is 6.46. The van der Waals surface area contributed by atoms with E-state index >= 15 is 0 Å². The van der Waals surface area contributed by atoms with Crippen molar-refractivity contribution in [3.05, 3.63) is 11.6 Å². The van der Waals surface area contributed by atoms with Crippen LogP contribution in [-0.4, -0.2) is 12.0 Å². The highest BCUT2D eigenvalue weighted by atomic mass is 16.7. The summed E-state index contributed by atoms with van der Waals surface area (Å²) >= 11 is 0. The molecule has 0 saturated heterocycles. The summed E-state index contributed by atoms with van der Waals surface area (Å²) in [6.07, 6.45) is 3.28. The Morgan fingerprint density at radius 3 is 2.73 bits per heavy atom. The number of nitrogens with zero attached hydrogens (tertiary/aromatic N) is 1. The van der Waals surface area contributed by atoms with Gasteiger partial charge in [-0.1, -0.05) is 13.0 Å². The van der Waals surface area contributed by atoms with Crippen molar-refractivity contribution < 1.29 is 14.4 Å². The number of hydrogen-bond acceptors (Lipinski definition) is 4. The van der Waals surface area contributed by atoms with Gasteiger partial charge in [0.05, 0.1) is 0 Å². The molecule has 0 rings (SSSR count). The summed E-state index contributed by atoms with van der Waals surface area (Å²) in [6, 6.07) is 0. The van der Waals surface area contributed by atoms with Crippen LogP contribution in [-0.2, 0) is 14.4 Å². The molecule has 0 aliphatic heterocycles. The van der Waals surface area contributed by atoms with E-state index in [4.69, 9.17) is 0 Å². The molecule has 0 amide bonds. The lowest BCUT2D eigenvalue weighted by Crippen LogP contribution is -2.02. The molecule has 0 spiro atoms. The molecule has 0 bridgehead atoms. The van der Waals surface area contributed by atoms with Crippen molar-refractivity contribution in [1.82, 2.24) is 0 Å². The molecule has 0 radical (unpaired) electrons. The molecule has 0 atom stereocenters. The second-order valence-corrected chi connectivity index (χ2v) is 1.73. The minimum atomic E-state index is -0.599. The van der Waals surface area contributed by atoms with E-state index < -0.39 is 5.97 Å². The number of isocyanates is 1. The maximum absolute atomic E-state index is 10.8. The van der Waals surface area contributed by atoms with Gasteiger partial charge in [-0.05, 0) is 13.3 Å². The van der Waals surface area contributed by atoms with Gasteiger partial charge in [-0.25, -0.2) is 9.59 Å². The van der Waals surface area contributed by atoms with Crippen LogP contribution >= 0.6 is 0 Å². The monoisotopic (exact) mass is 155 g/mol. The summed E-state index contributed by atoms with van der Waals surface area (Å²) in [5, 5.41) is 2.69. The molecule has 0 heterocycles. The number of hydrogen-bond donors (Lipinski definition) is 0. The summed E-state index contributed by atoms with van der Waals surface area (Å²) in [5.41, 5.74) is 0.490. The van der Waals surface area contributed by atoms with E-state index in [1.165, 1.54) is 0 Å². The summed E-state index contributed by atoms with van der Waals surface area (Å²) < 4.78 is 0. The largest absolute Gasteiger partial charge is 0.362 e. The van der Waals surface area contributed by atoms with Crippen LogP contribution < -0.4 is 0 Å². The molecule has 0 fully saturated rings. The van der Waals surface area contributed by atoms with Gasteiger partial charge in [0, 0.05) is 10.7 Å². The molecule has 60 valence electrons. The van der Waals surface area contributed by atoms with Gasteiger partial charge in [0.15, 0.2) is 0 Å². The zero-order chi connectivity index (χ0) is 8.69. The summed E-state index contributed by atoms with van der Waals surface area (Å²) in [6.45, 7) is 3.52. The Hall–Kier alpha value is -1.41. The predicted molar refractivity (Wildman–Crippen MR) is 38.3 cm³/mol. The molecule has 0 aromatic carbocycles. The molecule has 0 aromatic rings. The van der Waals surface area contributed by atoms with Crippen molar-refractivity contribution in [2.75, 3.05) is 0 Å². The molecule has 11 heavy (non-hydrogen) atoms. The fraction of sp³-hybridized carbons (Fsp3) is 0.429. The van der Waals surface area contributed by atoms with Crippen LogP contribution in [0, 0.1) is 0 Å². The fourth-order valence-electron chi connectivity index (χ4n) is 0.585. The van der Waals surface area contributed by atoms with Gasteiger partial charge in [0.2, 0.25) is 0 Å². The average molecular weight is 155 g/mol. The molecule has 0 saturated carbocycles. The molecule has 4 heteroatoms. The second-order valence-electron chi connectivity index (χ2n) is 1.73. The highest BCUT2D eigenvalue weighted by Crippen LogP contribution is 2.02. The first-order chi connectivity index (χ1) is 5.26.